The number of rotatable bonds is 8. The monoisotopic (exact) mass is 351 g/mol. The zero-order valence-corrected chi connectivity index (χ0v) is 15.9. The average molecular weight is 352 g/mol. The third-order valence-corrected chi connectivity index (χ3v) is 6.04. The minimum Gasteiger partial charge on any atom is -0.354 e. The summed E-state index contributed by atoms with van der Waals surface area (Å²) in [5.74, 6) is 1.06. The Hall–Kier alpha value is -1.30. The lowest BCUT2D eigenvalue weighted by atomic mass is 10.0. The van der Waals surface area contributed by atoms with Crippen molar-refractivity contribution >= 4 is 23.5 Å². The van der Waals surface area contributed by atoms with Gasteiger partial charge in [0.15, 0.2) is 5.78 Å². The predicted octanol–water partition coefficient (Wildman–Crippen LogP) is 3.27. The first-order valence-corrected chi connectivity index (χ1v) is 9.97. The van der Waals surface area contributed by atoms with Gasteiger partial charge in [-0.15, -0.1) is 0 Å². The first-order valence-electron chi connectivity index (χ1n) is 8.92. The summed E-state index contributed by atoms with van der Waals surface area (Å²) in [6.07, 6.45) is 7.85. The summed E-state index contributed by atoms with van der Waals surface area (Å²) in [5, 5.41) is 8.09. The summed E-state index contributed by atoms with van der Waals surface area (Å²) in [6.45, 7) is 6.06. The number of hydrogen-bond acceptors (Lipinski definition) is 4. The van der Waals surface area contributed by atoms with Crippen molar-refractivity contribution in [2.24, 2.45) is 0 Å². The van der Waals surface area contributed by atoms with Gasteiger partial charge in [-0.2, -0.15) is 16.9 Å². The van der Waals surface area contributed by atoms with Gasteiger partial charge in [0.25, 0.3) is 0 Å². The van der Waals surface area contributed by atoms with E-state index in [9.17, 15) is 9.59 Å². The molecule has 1 N–H and O–H groups in total. The molecule has 1 aromatic rings. The standard InChI is InChI=1S/C18H29N3O2S/c1-13-18(15(3)22)14(2)21(20-13)12-17(23)19-10-7-11-24-16-8-5-4-6-9-16/h16H,4-12H2,1-3H3,(H,19,23). The summed E-state index contributed by atoms with van der Waals surface area (Å²) in [7, 11) is 0. The molecule has 1 saturated carbocycles. The first kappa shape index (κ1) is 19.0. The number of thioether (sulfide) groups is 1. The molecule has 134 valence electrons. The molecule has 1 heterocycles. The number of carbonyl (C=O) groups excluding carboxylic acids is 2. The van der Waals surface area contributed by atoms with Crippen molar-refractivity contribution in [2.45, 2.75) is 71.1 Å². The number of aromatic nitrogens is 2. The number of nitrogens with one attached hydrogen (secondary N) is 1. The highest BCUT2D eigenvalue weighted by molar-refractivity contribution is 7.99. The smallest absolute Gasteiger partial charge is 0.241 e. The SMILES string of the molecule is CC(=O)c1c(C)nn(CC(=O)NCCCSC2CCCCC2)c1C. The molecule has 5 nitrogen and oxygen atoms in total. The molecule has 0 aliphatic heterocycles. The van der Waals surface area contributed by atoms with Gasteiger partial charge in [0.1, 0.15) is 6.54 Å². The molecule has 1 aliphatic carbocycles. The molecule has 24 heavy (non-hydrogen) atoms. The first-order chi connectivity index (χ1) is 11.5. The van der Waals surface area contributed by atoms with E-state index in [1.807, 2.05) is 6.92 Å². The van der Waals surface area contributed by atoms with Crippen LogP contribution in [0.3, 0.4) is 0 Å². The Kier molecular flexibility index (Phi) is 7.34. The Labute approximate surface area is 149 Å². The zero-order valence-electron chi connectivity index (χ0n) is 15.1. The normalized spacial score (nSPS) is 15.5. The number of Topliss-reactive ketones (excluding diaryl/α,β-unsaturated/α-hetero) is 1. The Bertz CT molecular complexity index is 577. The number of hydrogen-bond donors (Lipinski definition) is 1. The van der Waals surface area contributed by atoms with Crippen LogP contribution in [0.1, 0.15) is 67.2 Å². The number of aryl methyl sites for hydroxylation is 1. The van der Waals surface area contributed by atoms with Crippen LogP contribution in [0.25, 0.3) is 0 Å². The summed E-state index contributed by atoms with van der Waals surface area (Å²) in [5.41, 5.74) is 2.09. The Balaban J connectivity index is 1.68. The second kappa shape index (κ2) is 9.25. The summed E-state index contributed by atoms with van der Waals surface area (Å²) in [4.78, 5) is 23.7. The maximum absolute atomic E-state index is 12.1. The van der Waals surface area contributed by atoms with Gasteiger partial charge >= 0.3 is 0 Å². The van der Waals surface area contributed by atoms with E-state index in [0.29, 0.717) is 17.8 Å². The van der Waals surface area contributed by atoms with Crippen LogP contribution < -0.4 is 5.32 Å². The van der Waals surface area contributed by atoms with E-state index in [-0.39, 0.29) is 18.2 Å². The van der Waals surface area contributed by atoms with Crippen molar-refractivity contribution < 1.29 is 9.59 Å². The topological polar surface area (TPSA) is 64.0 Å². The number of carbonyl (C=O) groups is 2. The van der Waals surface area contributed by atoms with E-state index in [1.165, 1.54) is 39.0 Å². The van der Waals surface area contributed by atoms with Crippen molar-refractivity contribution in [3.8, 4) is 0 Å². The van der Waals surface area contributed by atoms with Gasteiger partial charge in [0.2, 0.25) is 5.91 Å². The zero-order chi connectivity index (χ0) is 17.5. The molecule has 1 amide bonds. The average Bonchev–Trinajstić information content (AvgIpc) is 2.82. The third-order valence-electron chi connectivity index (χ3n) is 4.58. The number of amides is 1. The molecule has 0 spiro atoms. The molecule has 0 bridgehead atoms. The van der Waals surface area contributed by atoms with Gasteiger partial charge in [-0.05, 0) is 45.8 Å². The highest BCUT2D eigenvalue weighted by Crippen LogP contribution is 2.28. The van der Waals surface area contributed by atoms with Crippen molar-refractivity contribution in [3.05, 3.63) is 17.0 Å². The number of ketones is 1. The van der Waals surface area contributed by atoms with Gasteiger partial charge in [0.05, 0.1) is 11.3 Å². The summed E-state index contributed by atoms with van der Waals surface area (Å²) < 4.78 is 1.62. The van der Waals surface area contributed by atoms with Crippen molar-refractivity contribution in [3.63, 3.8) is 0 Å². The molecule has 1 aromatic heterocycles. The summed E-state index contributed by atoms with van der Waals surface area (Å²) in [6, 6.07) is 0. The minimum absolute atomic E-state index is 0.00334. The van der Waals surface area contributed by atoms with Crippen LogP contribution >= 0.6 is 11.8 Å². The molecule has 0 aromatic carbocycles. The maximum Gasteiger partial charge on any atom is 0.241 e. The molecular formula is C18H29N3O2S. The van der Waals surface area contributed by atoms with Crippen LogP contribution in [-0.2, 0) is 11.3 Å². The number of nitrogens with zero attached hydrogens (tertiary/aromatic N) is 2. The molecule has 6 heteroatoms. The van der Waals surface area contributed by atoms with Crippen molar-refractivity contribution in [1.29, 1.82) is 0 Å². The Morgan fingerprint density at radius 3 is 2.58 bits per heavy atom. The van der Waals surface area contributed by atoms with Gasteiger partial charge in [-0.3, -0.25) is 14.3 Å². The maximum atomic E-state index is 12.1. The molecule has 0 radical (unpaired) electrons. The van der Waals surface area contributed by atoms with Crippen molar-refractivity contribution in [1.82, 2.24) is 15.1 Å². The second-order valence-corrected chi connectivity index (χ2v) is 8.00. The molecule has 0 saturated heterocycles. The minimum atomic E-state index is -0.0432. The van der Waals surface area contributed by atoms with Crippen LogP contribution in [0.15, 0.2) is 0 Å². The molecule has 0 unspecified atom stereocenters. The van der Waals surface area contributed by atoms with Gasteiger partial charge in [-0.1, -0.05) is 19.3 Å². The quantitative estimate of drug-likeness (QED) is 0.577. The van der Waals surface area contributed by atoms with E-state index in [2.05, 4.69) is 22.2 Å². The van der Waals surface area contributed by atoms with Gasteiger partial charge < -0.3 is 5.32 Å². The second-order valence-electron chi connectivity index (χ2n) is 6.59. The van der Waals surface area contributed by atoms with E-state index >= 15 is 0 Å². The lowest BCUT2D eigenvalue weighted by Crippen LogP contribution is -2.29. The van der Waals surface area contributed by atoms with E-state index < -0.39 is 0 Å². The van der Waals surface area contributed by atoms with Crippen LogP contribution in [0.5, 0.6) is 0 Å². The van der Waals surface area contributed by atoms with Gasteiger partial charge in [0, 0.05) is 17.5 Å². The fourth-order valence-electron chi connectivity index (χ4n) is 3.33. The lowest BCUT2D eigenvalue weighted by Gasteiger charge is -2.20. The van der Waals surface area contributed by atoms with E-state index in [1.54, 1.807) is 11.6 Å². The van der Waals surface area contributed by atoms with Gasteiger partial charge in [-0.25, -0.2) is 0 Å². The van der Waals surface area contributed by atoms with Crippen LogP contribution in [0.2, 0.25) is 0 Å². The molecule has 1 aliphatic rings. The van der Waals surface area contributed by atoms with Crippen LogP contribution in [-0.4, -0.2) is 39.0 Å². The molecule has 1 fully saturated rings. The van der Waals surface area contributed by atoms with Crippen LogP contribution in [0.4, 0.5) is 0 Å². The fourth-order valence-corrected chi connectivity index (χ4v) is 4.65. The third kappa shape index (κ3) is 5.36. The fraction of sp³-hybridized carbons (Fsp3) is 0.722. The van der Waals surface area contributed by atoms with E-state index in [4.69, 9.17) is 0 Å². The van der Waals surface area contributed by atoms with Crippen molar-refractivity contribution in [2.75, 3.05) is 12.3 Å². The highest BCUT2D eigenvalue weighted by atomic mass is 32.2. The highest BCUT2D eigenvalue weighted by Gasteiger charge is 2.17. The Morgan fingerprint density at radius 2 is 1.96 bits per heavy atom. The van der Waals surface area contributed by atoms with Crippen LogP contribution in [0, 0.1) is 13.8 Å². The molecule has 2 rings (SSSR count). The Morgan fingerprint density at radius 1 is 1.25 bits per heavy atom. The largest absolute Gasteiger partial charge is 0.354 e. The predicted molar refractivity (Wildman–Crippen MR) is 98.7 cm³/mol. The molecular weight excluding hydrogens is 322 g/mol. The summed E-state index contributed by atoms with van der Waals surface area (Å²) >= 11 is 2.06. The molecule has 0 atom stereocenters. The van der Waals surface area contributed by atoms with E-state index in [0.717, 1.165) is 23.1 Å². The lowest BCUT2D eigenvalue weighted by molar-refractivity contribution is -0.121.